The van der Waals surface area contributed by atoms with Crippen LogP contribution >= 0.6 is 0 Å². The molecular formula is C14H23N3O2. The summed E-state index contributed by atoms with van der Waals surface area (Å²) in [5.74, 6) is 0. The van der Waals surface area contributed by atoms with E-state index in [1.165, 1.54) is 0 Å². The Morgan fingerprint density at radius 3 is 2.74 bits per heavy atom. The van der Waals surface area contributed by atoms with E-state index in [1.54, 1.807) is 0 Å². The van der Waals surface area contributed by atoms with Gasteiger partial charge in [0.25, 0.3) is 0 Å². The second-order valence-electron chi connectivity index (χ2n) is 4.59. The van der Waals surface area contributed by atoms with Crippen LogP contribution in [0.5, 0.6) is 0 Å². The molecule has 5 heteroatoms. The van der Waals surface area contributed by atoms with Gasteiger partial charge in [-0.1, -0.05) is 13.0 Å². The van der Waals surface area contributed by atoms with E-state index < -0.39 is 0 Å². The predicted molar refractivity (Wildman–Crippen MR) is 75.0 cm³/mol. The summed E-state index contributed by atoms with van der Waals surface area (Å²) >= 11 is 0. The fraction of sp³-hybridized carbons (Fsp3) is 0.571. The number of aromatic nitrogens is 1. The van der Waals surface area contributed by atoms with E-state index in [0.717, 1.165) is 17.7 Å². The van der Waals surface area contributed by atoms with Crippen molar-refractivity contribution < 1.29 is 9.90 Å². The average Bonchev–Trinajstić information content (AvgIpc) is 2.41. The van der Waals surface area contributed by atoms with Crippen LogP contribution in [0.4, 0.5) is 4.79 Å². The van der Waals surface area contributed by atoms with E-state index in [1.807, 2.05) is 32.2 Å². The molecule has 0 aliphatic carbocycles. The summed E-state index contributed by atoms with van der Waals surface area (Å²) in [7, 11) is 0. The lowest BCUT2D eigenvalue weighted by atomic mass is 10.2. The number of aryl methyl sites for hydroxylation is 1. The number of aliphatic hydroxyl groups excluding tert-OH is 1. The maximum absolute atomic E-state index is 11.4. The van der Waals surface area contributed by atoms with Crippen LogP contribution in [0.1, 0.15) is 31.0 Å². The van der Waals surface area contributed by atoms with Gasteiger partial charge >= 0.3 is 6.03 Å². The molecule has 1 rings (SSSR count). The molecule has 0 aromatic carbocycles. The molecular weight excluding hydrogens is 242 g/mol. The number of carbonyl (C=O) groups is 1. The van der Waals surface area contributed by atoms with Crippen molar-refractivity contribution in [2.45, 2.75) is 39.2 Å². The SMILES string of the molecule is CCC(O)CCNC(=O)NCCc1ccc(C)nc1. The predicted octanol–water partition coefficient (Wildman–Crippen LogP) is 1.39. The zero-order chi connectivity index (χ0) is 14.1. The molecule has 0 bridgehead atoms. The normalized spacial score (nSPS) is 11.9. The maximum atomic E-state index is 11.4. The molecule has 3 N–H and O–H groups in total. The number of nitrogens with zero attached hydrogens (tertiary/aromatic N) is 1. The first-order valence-corrected chi connectivity index (χ1v) is 6.73. The number of nitrogens with one attached hydrogen (secondary N) is 2. The van der Waals surface area contributed by atoms with E-state index in [2.05, 4.69) is 15.6 Å². The Balaban J connectivity index is 2.11. The van der Waals surface area contributed by atoms with E-state index in [0.29, 0.717) is 25.9 Å². The summed E-state index contributed by atoms with van der Waals surface area (Å²) in [5.41, 5.74) is 2.09. The molecule has 0 spiro atoms. The number of carbonyl (C=O) groups excluding carboxylic acids is 1. The van der Waals surface area contributed by atoms with Crippen molar-refractivity contribution in [3.63, 3.8) is 0 Å². The van der Waals surface area contributed by atoms with Gasteiger partial charge in [0.2, 0.25) is 0 Å². The molecule has 1 unspecified atom stereocenters. The van der Waals surface area contributed by atoms with E-state index in [9.17, 15) is 9.90 Å². The summed E-state index contributed by atoms with van der Waals surface area (Å²) in [6, 6.07) is 3.78. The second-order valence-corrected chi connectivity index (χ2v) is 4.59. The first-order chi connectivity index (χ1) is 9.11. The molecule has 0 saturated carbocycles. The standard InChI is InChI=1S/C14H23N3O2/c1-3-13(18)7-9-16-14(19)15-8-6-12-5-4-11(2)17-10-12/h4-5,10,13,18H,3,6-9H2,1-2H3,(H2,15,16,19). The topological polar surface area (TPSA) is 74.2 Å². The lowest BCUT2D eigenvalue weighted by Crippen LogP contribution is -2.37. The molecule has 1 heterocycles. The van der Waals surface area contributed by atoms with Crippen molar-refractivity contribution in [1.82, 2.24) is 15.6 Å². The third kappa shape index (κ3) is 6.76. The Kier molecular flexibility index (Phi) is 6.89. The largest absolute Gasteiger partial charge is 0.393 e. The van der Waals surface area contributed by atoms with Gasteiger partial charge in [-0.25, -0.2) is 4.79 Å². The summed E-state index contributed by atoms with van der Waals surface area (Å²) < 4.78 is 0. The Hall–Kier alpha value is -1.62. The average molecular weight is 265 g/mol. The number of aliphatic hydroxyl groups is 1. The minimum absolute atomic E-state index is 0.191. The molecule has 0 aliphatic heterocycles. The summed E-state index contributed by atoms with van der Waals surface area (Å²) in [4.78, 5) is 15.6. The smallest absolute Gasteiger partial charge is 0.314 e. The summed E-state index contributed by atoms with van der Waals surface area (Å²) in [6.07, 6.45) is 3.55. The van der Waals surface area contributed by atoms with Crippen LogP contribution in [0.3, 0.4) is 0 Å². The van der Waals surface area contributed by atoms with Crippen LogP contribution in [0.25, 0.3) is 0 Å². The van der Waals surface area contributed by atoms with Gasteiger partial charge in [0, 0.05) is 25.0 Å². The summed E-state index contributed by atoms with van der Waals surface area (Å²) in [6.45, 7) is 4.93. The van der Waals surface area contributed by atoms with Crippen LogP contribution in [-0.2, 0) is 6.42 Å². The van der Waals surface area contributed by atoms with E-state index >= 15 is 0 Å². The molecule has 0 radical (unpaired) electrons. The Morgan fingerprint density at radius 2 is 2.11 bits per heavy atom. The molecule has 19 heavy (non-hydrogen) atoms. The van der Waals surface area contributed by atoms with Gasteiger partial charge in [0.15, 0.2) is 0 Å². The lowest BCUT2D eigenvalue weighted by Gasteiger charge is -2.10. The zero-order valence-electron chi connectivity index (χ0n) is 11.6. The molecule has 0 fully saturated rings. The number of urea groups is 1. The first kappa shape index (κ1) is 15.4. The minimum Gasteiger partial charge on any atom is -0.393 e. The van der Waals surface area contributed by atoms with Gasteiger partial charge < -0.3 is 15.7 Å². The van der Waals surface area contributed by atoms with Crippen LogP contribution in [-0.4, -0.2) is 35.3 Å². The Morgan fingerprint density at radius 1 is 1.37 bits per heavy atom. The van der Waals surface area contributed by atoms with Crippen molar-refractivity contribution in [3.05, 3.63) is 29.6 Å². The second kappa shape index (κ2) is 8.48. The third-order valence-corrected chi connectivity index (χ3v) is 2.91. The molecule has 2 amide bonds. The van der Waals surface area contributed by atoms with Crippen molar-refractivity contribution in [2.24, 2.45) is 0 Å². The molecule has 1 aromatic rings. The highest BCUT2D eigenvalue weighted by Crippen LogP contribution is 1.99. The van der Waals surface area contributed by atoms with E-state index in [4.69, 9.17) is 0 Å². The van der Waals surface area contributed by atoms with Crippen LogP contribution in [0, 0.1) is 6.92 Å². The lowest BCUT2D eigenvalue weighted by molar-refractivity contribution is 0.160. The summed E-state index contributed by atoms with van der Waals surface area (Å²) in [5, 5.41) is 14.8. The number of hydrogen-bond acceptors (Lipinski definition) is 3. The van der Waals surface area contributed by atoms with Gasteiger partial charge in [-0.05, 0) is 37.8 Å². The Labute approximate surface area is 114 Å². The molecule has 0 saturated heterocycles. The van der Waals surface area contributed by atoms with Gasteiger partial charge in [-0.2, -0.15) is 0 Å². The number of pyridine rings is 1. The number of rotatable bonds is 7. The van der Waals surface area contributed by atoms with Gasteiger partial charge in [-0.3, -0.25) is 4.98 Å². The fourth-order valence-corrected chi connectivity index (χ4v) is 1.59. The van der Waals surface area contributed by atoms with Crippen LogP contribution in [0.2, 0.25) is 0 Å². The molecule has 5 nitrogen and oxygen atoms in total. The van der Waals surface area contributed by atoms with Crippen LogP contribution in [0.15, 0.2) is 18.3 Å². The van der Waals surface area contributed by atoms with Crippen molar-refractivity contribution in [1.29, 1.82) is 0 Å². The molecule has 1 atom stereocenters. The minimum atomic E-state index is -0.334. The highest BCUT2D eigenvalue weighted by atomic mass is 16.3. The Bertz CT molecular complexity index is 379. The van der Waals surface area contributed by atoms with Gasteiger partial charge in [-0.15, -0.1) is 0 Å². The van der Waals surface area contributed by atoms with Crippen LogP contribution < -0.4 is 10.6 Å². The highest BCUT2D eigenvalue weighted by Gasteiger charge is 2.03. The number of hydrogen-bond donors (Lipinski definition) is 3. The quantitative estimate of drug-likeness (QED) is 0.697. The molecule has 106 valence electrons. The highest BCUT2D eigenvalue weighted by molar-refractivity contribution is 5.73. The zero-order valence-corrected chi connectivity index (χ0v) is 11.6. The van der Waals surface area contributed by atoms with Crippen molar-refractivity contribution in [2.75, 3.05) is 13.1 Å². The van der Waals surface area contributed by atoms with Crippen molar-refractivity contribution in [3.8, 4) is 0 Å². The van der Waals surface area contributed by atoms with Gasteiger partial charge in [0.05, 0.1) is 6.10 Å². The van der Waals surface area contributed by atoms with Crippen molar-refractivity contribution >= 4 is 6.03 Å². The van der Waals surface area contributed by atoms with E-state index in [-0.39, 0.29) is 12.1 Å². The monoisotopic (exact) mass is 265 g/mol. The van der Waals surface area contributed by atoms with Gasteiger partial charge in [0.1, 0.15) is 0 Å². The fourth-order valence-electron chi connectivity index (χ4n) is 1.59. The first-order valence-electron chi connectivity index (χ1n) is 6.73. The molecule has 0 aliphatic rings. The third-order valence-electron chi connectivity index (χ3n) is 2.91. The number of amides is 2. The molecule has 1 aromatic heterocycles. The maximum Gasteiger partial charge on any atom is 0.314 e.